The Morgan fingerprint density at radius 1 is 1.31 bits per heavy atom. The molecule has 2 nitrogen and oxygen atoms in total. The van der Waals surface area contributed by atoms with Crippen molar-refractivity contribution in [3.8, 4) is 0 Å². The van der Waals surface area contributed by atoms with Crippen molar-refractivity contribution in [3.63, 3.8) is 0 Å². The summed E-state index contributed by atoms with van der Waals surface area (Å²) in [5, 5.41) is 4.70. The van der Waals surface area contributed by atoms with Gasteiger partial charge in [-0.15, -0.1) is 0 Å². The Hall–Kier alpha value is -0.930. The van der Waals surface area contributed by atoms with Gasteiger partial charge < -0.3 is 5.32 Å². The number of rotatable bonds is 1. The van der Waals surface area contributed by atoms with Crippen molar-refractivity contribution in [2.75, 3.05) is 13.1 Å². The van der Waals surface area contributed by atoms with Crippen LogP contribution in [0.1, 0.15) is 17.9 Å². The van der Waals surface area contributed by atoms with Crippen LogP contribution in [0.25, 0.3) is 10.9 Å². The molecule has 1 fully saturated rings. The third-order valence-corrected chi connectivity index (χ3v) is 3.73. The lowest BCUT2D eigenvalue weighted by atomic mass is 9.95. The first-order chi connectivity index (χ1) is 7.84. The fraction of sp³-hybridized carbons (Fsp3) is 0.308. The quantitative estimate of drug-likeness (QED) is 0.866. The number of aromatic nitrogens is 1. The summed E-state index contributed by atoms with van der Waals surface area (Å²) in [6, 6.07) is 8.46. The molecule has 82 valence electrons. The molecule has 0 aliphatic carbocycles. The van der Waals surface area contributed by atoms with Crippen molar-refractivity contribution in [2.45, 2.75) is 12.3 Å². The third-order valence-electron chi connectivity index (χ3n) is 3.24. The number of pyridine rings is 1. The number of halogens is 1. The molecular formula is C13H13BrN2. The summed E-state index contributed by atoms with van der Waals surface area (Å²) in [6.07, 6.45) is 3.15. The molecule has 3 heteroatoms. The largest absolute Gasteiger partial charge is 0.316 e. The highest BCUT2D eigenvalue weighted by Crippen LogP contribution is 2.30. The van der Waals surface area contributed by atoms with Crippen LogP contribution in [0.4, 0.5) is 0 Å². The zero-order chi connectivity index (χ0) is 11.0. The highest BCUT2D eigenvalue weighted by molar-refractivity contribution is 9.10. The van der Waals surface area contributed by atoms with Gasteiger partial charge in [-0.3, -0.25) is 4.98 Å². The highest BCUT2D eigenvalue weighted by Gasteiger charge is 2.18. The summed E-state index contributed by atoms with van der Waals surface area (Å²) in [7, 11) is 0. The summed E-state index contributed by atoms with van der Waals surface area (Å²) in [6.45, 7) is 2.22. The standard InChI is InChI=1S/C13H13BrN2/c14-10-1-2-13-12(7-10)11(4-6-16-13)9-3-5-15-8-9/h1-2,4,6-7,9,15H,3,5,8H2. The average Bonchev–Trinajstić information content (AvgIpc) is 2.81. The Morgan fingerprint density at radius 3 is 3.06 bits per heavy atom. The molecule has 0 saturated carbocycles. The molecule has 1 N–H and O–H groups in total. The van der Waals surface area contributed by atoms with E-state index in [4.69, 9.17) is 0 Å². The Bertz CT molecular complexity index is 518. The number of hydrogen-bond acceptors (Lipinski definition) is 2. The van der Waals surface area contributed by atoms with Crippen LogP contribution in [0.3, 0.4) is 0 Å². The Kier molecular flexibility index (Phi) is 2.65. The van der Waals surface area contributed by atoms with E-state index in [1.165, 1.54) is 17.4 Å². The fourth-order valence-electron chi connectivity index (χ4n) is 2.42. The lowest BCUT2D eigenvalue weighted by molar-refractivity contribution is 0.769. The van der Waals surface area contributed by atoms with Crippen molar-refractivity contribution in [2.24, 2.45) is 0 Å². The predicted molar refractivity (Wildman–Crippen MR) is 69.7 cm³/mol. The van der Waals surface area contributed by atoms with Crippen LogP contribution in [0.5, 0.6) is 0 Å². The summed E-state index contributed by atoms with van der Waals surface area (Å²) < 4.78 is 1.13. The maximum Gasteiger partial charge on any atom is 0.0705 e. The fourth-order valence-corrected chi connectivity index (χ4v) is 2.78. The van der Waals surface area contributed by atoms with Crippen LogP contribution < -0.4 is 5.32 Å². The monoisotopic (exact) mass is 276 g/mol. The highest BCUT2D eigenvalue weighted by atomic mass is 79.9. The van der Waals surface area contributed by atoms with Crippen molar-refractivity contribution in [3.05, 3.63) is 40.5 Å². The van der Waals surface area contributed by atoms with E-state index < -0.39 is 0 Å². The molecule has 0 bridgehead atoms. The minimum Gasteiger partial charge on any atom is -0.316 e. The molecule has 1 aromatic heterocycles. The van der Waals surface area contributed by atoms with Crippen LogP contribution >= 0.6 is 15.9 Å². The van der Waals surface area contributed by atoms with Crippen LogP contribution in [0, 0.1) is 0 Å². The van der Waals surface area contributed by atoms with Crippen molar-refractivity contribution in [1.29, 1.82) is 0 Å². The molecule has 1 atom stereocenters. The van der Waals surface area contributed by atoms with Gasteiger partial charge in [-0.2, -0.15) is 0 Å². The van der Waals surface area contributed by atoms with E-state index in [1.807, 2.05) is 12.3 Å². The van der Waals surface area contributed by atoms with Crippen molar-refractivity contribution in [1.82, 2.24) is 10.3 Å². The van der Waals surface area contributed by atoms with Crippen molar-refractivity contribution < 1.29 is 0 Å². The molecule has 1 aliphatic rings. The molecule has 3 rings (SSSR count). The molecule has 1 aromatic carbocycles. The van der Waals surface area contributed by atoms with Gasteiger partial charge in [-0.25, -0.2) is 0 Å². The van der Waals surface area contributed by atoms with E-state index in [1.54, 1.807) is 0 Å². The lowest BCUT2D eigenvalue weighted by Gasteiger charge is -2.12. The van der Waals surface area contributed by atoms with Gasteiger partial charge in [0.15, 0.2) is 0 Å². The Balaban J connectivity index is 2.18. The summed E-state index contributed by atoms with van der Waals surface area (Å²) in [4.78, 5) is 4.41. The second-order valence-electron chi connectivity index (χ2n) is 4.25. The number of benzene rings is 1. The number of fused-ring (bicyclic) bond motifs is 1. The Labute approximate surface area is 103 Å². The molecule has 0 amide bonds. The number of hydrogen-bond donors (Lipinski definition) is 1. The molecule has 0 spiro atoms. The second-order valence-corrected chi connectivity index (χ2v) is 5.17. The normalized spacial score (nSPS) is 20.4. The van der Waals surface area contributed by atoms with Crippen LogP contribution in [0.15, 0.2) is 34.9 Å². The molecule has 1 aliphatic heterocycles. The first kappa shape index (κ1) is 10.2. The SMILES string of the molecule is Brc1ccc2nccc(C3CCNC3)c2c1. The van der Waals surface area contributed by atoms with Gasteiger partial charge in [-0.1, -0.05) is 15.9 Å². The molecular weight excluding hydrogens is 264 g/mol. The smallest absolute Gasteiger partial charge is 0.0705 e. The molecule has 2 aromatic rings. The topological polar surface area (TPSA) is 24.9 Å². The second kappa shape index (κ2) is 4.15. The number of nitrogens with one attached hydrogen (secondary N) is 1. The zero-order valence-electron chi connectivity index (χ0n) is 8.91. The van der Waals surface area contributed by atoms with Gasteiger partial charge in [0.1, 0.15) is 0 Å². The lowest BCUT2D eigenvalue weighted by Crippen LogP contribution is -2.08. The van der Waals surface area contributed by atoms with E-state index in [2.05, 4.69) is 44.4 Å². The molecule has 1 saturated heterocycles. The van der Waals surface area contributed by atoms with Crippen LogP contribution in [0.2, 0.25) is 0 Å². The van der Waals surface area contributed by atoms with Gasteiger partial charge in [-0.05, 0) is 48.7 Å². The first-order valence-corrected chi connectivity index (χ1v) is 6.39. The van der Waals surface area contributed by atoms with E-state index >= 15 is 0 Å². The van der Waals surface area contributed by atoms with E-state index in [0.717, 1.165) is 23.1 Å². The third kappa shape index (κ3) is 1.74. The van der Waals surface area contributed by atoms with E-state index in [0.29, 0.717) is 5.92 Å². The van der Waals surface area contributed by atoms with Crippen LogP contribution in [-0.2, 0) is 0 Å². The maximum atomic E-state index is 4.41. The average molecular weight is 277 g/mol. The van der Waals surface area contributed by atoms with Gasteiger partial charge in [0, 0.05) is 22.6 Å². The summed E-state index contributed by atoms with van der Waals surface area (Å²) in [5.41, 5.74) is 2.52. The van der Waals surface area contributed by atoms with Gasteiger partial charge in [0.25, 0.3) is 0 Å². The Morgan fingerprint density at radius 2 is 2.25 bits per heavy atom. The maximum absolute atomic E-state index is 4.41. The van der Waals surface area contributed by atoms with E-state index in [-0.39, 0.29) is 0 Å². The zero-order valence-corrected chi connectivity index (χ0v) is 10.5. The predicted octanol–water partition coefficient (Wildman–Crippen LogP) is 3.07. The molecule has 0 radical (unpaired) electrons. The van der Waals surface area contributed by atoms with E-state index in [9.17, 15) is 0 Å². The van der Waals surface area contributed by atoms with Gasteiger partial charge >= 0.3 is 0 Å². The van der Waals surface area contributed by atoms with Gasteiger partial charge in [0.05, 0.1) is 5.52 Å². The minimum absolute atomic E-state index is 0.639. The minimum atomic E-state index is 0.639. The summed E-state index contributed by atoms with van der Waals surface area (Å²) in [5.74, 6) is 0.639. The number of nitrogens with zero attached hydrogens (tertiary/aromatic N) is 1. The molecule has 2 heterocycles. The molecule has 16 heavy (non-hydrogen) atoms. The summed E-state index contributed by atoms with van der Waals surface area (Å²) >= 11 is 3.53. The van der Waals surface area contributed by atoms with Crippen LogP contribution in [-0.4, -0.2) is 18.1 Å². The van der Waals surface area contributed by atoms with Gasteiger partial charge in [0.2, 0.25) is 0 Å². The molecule has 1 unspecified atom stereocenters. The first-order valence-electron chi connectivity index (χ1n) is 5.59. The van der Waals surface area contributed by atoms with Crippen molar-refractivity contribution >= 4 is 26.8 Å².